The maximum Gasteiger partial charge on any atom is 0.240 e. The molecule has 0 aliphatic carbocycles. The van der Waals surface area contributed by atoms with E-state index in [0.29, 0.717) is 6.54 Å². The van der Waals surface area contributed by atoms with Crippen LogP contribution in [0.1, 0.15) is 22.3 Å². The Morgan fingerprint density at radius 3 is 2.33 bits per heavy atom. The van der Waals surface area contributed by atoms with E-state index in [0.717, 1.165) is 27.6 Å². The molecular formula is C24H24N4OS. The molecule has 0 aliphatic rings. The van der Waals surface area contributed by atoms with Crippen molar-refractivity contribution in [2.75, 3.05) is 0 Å². The van der Waals surface area contributed by atoms with Crippen LogP contribution in [0.3, 0.4) is 0 Å². The fourth-order valence-corrected chi connectivity index (χ4v) is 4.09. The predicted molar refractivity (Wildman–Crippen MR) is 121 cm³/mol. The number of thioether (sulfide) groups is 1. The number of nitrogens with zero attached hydrogens (tertiary/aromatic N) is 3. The number of nitrogens with one attached hydrogen (secondary N) is 1. The van der Waals surface area contributed by atoms with Crippen LogP contribution in [0.4, 0.5) is 0 Å². The van der Waals surface area contributed by atoms with Crippen LogP contribution in [0.25, 0.3) is 11.2 Å². The lowest BCUT2D eigenvalue weighted by atomic mass is 10.1. The maximum atomic E-state index is 12.7. The van der Waals surface area contributed by atoms with E-state index in [4.69, 9.17) is 4.98 Å². The normalized spacial score (nSPS) is 11.0. The highest BCUT2D eigenvalue weighted by Gasteiger charge is 2.15. The van der Waals surface area contributed by atoms with Gasteiger partial charge in [-0.1, -0.05) is 71.4 Å². The summed E-state index contributed by atoms with van der Waals surface area (Å²) in [7, 11) is 0. The Balaban J connectivity index is 1.48. The quantitative estimate of drug-likeness (QED) is 0.445. The third-order valence-corrected chi connectivity index (χ3v) is 5.92. The standard InChI is InChI=1S/C24H24N4OS/c1-17-5-9-19(10-6-17)14-26-22(29)15-28-23-21(4-3-13-25-23)27-24(28)30-16-20-11-7-18(2)8-12-20/h3-13H,14-16H2,1-2H3,(H,26,29). The number of hydrogen-bond acceptors (Lipinski definition) is 4. The number of aryl methyl sites for hydroxylation is 2. The molecule has 1 amide bonds. The van der Waals surface area contributed by atoms with E-state index in [1.165, 1.54) is 16.7 Å². The van der Waals surface area contributed by atoms with Crippen LogP contribution in [-0.2, 0) is 23.6 Å². The van der Waals surface area contributed by atoms with Gasteiger partial charge >= 0.3 is 0 Å². The van der Waals surface area contributed by atoms with Gasteiger partial charge in [-0.05, 0) is 37.1 Å². The predicted octanol–water partition coefficient (Wildman–Crippen LogP) is 4.66. The Labute approximate surface area is 180 Å². The average molecular weight is 417 g/mol. The molecule has 2 heterocycles. The Hall–Kier alpha value is -3.12. The number of rotatable bonds is 7. The molecule has 2 aromatic carbocycles. The first-order valence-electron chi connectivity index (χ1n) is 9.90. The number of fused-ring (bicyclic) bond motifs is 1. The molecule has 0 aliphatic heterocycles. The van der Waals surface area contributed by atoms with Gasteiger partial charge in [0.2, 0.25) is 5.91 Å². The highest BCUT2D eigenvalue weighted by molar-refractivity contribution is 7.98. The van der Waals surface area contributed by atoms with Crippen molar-refractivity contribution in [3.8, 4) is 0 Å². The van der Waals surface area contributed by atoms with Crippen molar-refractivity contribution in [2.45, 2.75) is 37.8 Å². The molecular weight excluding hydrogens is 392 g/mol. The van der Waals surface area contributed by atoms with Crippen molar-refractivity contribution in [2.24, 2.45) is 0 Å². The maximum absolute atomic E-state index is 12.7. The van der Waals surface area contributed by atoms with Crippen LogP contribution in [-0.4, -0.2) is 20.4 Å². The first-order valence-corrected chi connectivity index (χ1v) is 10.9. The SMILES string of the molecule is Cc1ccc(CNC(=O)Cn2c(SCc3ccc(C)cc3)nc3cccnc32)cc1. The van der Waals surface area contributed by atoms with Gasteiger partial charge in [-0.3, -0.25) is 9.36 Å². The van der Waals surface area contributed by atoms with Crippen molar-refractivity contribution in [3.05, 3.63) is 89.1 Å². The van der Waals surface area contributed by atoms with Crippen molar-refractivity contribution in [1.29, 1.82) is 0 Å². The first-order chi connectivity index (χ1) is 14.6. The van der Waals surface area contributed by atoms with Crippen LogP contribution in [0, 0.1) is 13.8 Å². The number of benzene rings is 2. The summed E-state index contributed by atoms with van der Waals surface area (Å²) in [6.07, 6.45) is 1.74. The molecule has 6 heteroatoms. The van der Waals surface area contributed by atoms with Gasteiger partial charge in [0.05, 0.1) is 0 Å². The van der Waals surface area contributed by atoms with Gasteiger partial charge in [0, 0.05) is 18.5 Å². The summed E-state index contributed by atoms with van der Waals surface area (Å²) in [6, 6.07) is 20.4. The second kappa shape index (κ2) is 9.13. The van der Waals surface area contributed by atoms with Gasteiger partial charge in [-0.15, -0.1) is 0 Å². The molecule has 2 aromatic heterocycles. The van der Waals surface area contributed by atoms with Gasteiger partial charge in [0.15, 0.2) is 10.8 Å². The minimum atomic E-state index is -0.0577. The molecule has 152 valence electrons. The molecule has 0 atom stereocenters. The summed E-state index contributed by atoms with van der Waals surface area (Å²) in [5.41, 5.74) is 6.28. The summed E-state index contributed by atoms with van der Waals surface area (Å²) in [6.45, 7) is 4.83. The van der Waals surface area contributed by atoms with Gasteiger partial charge in [0.25, 0.3) is 0 Å². The van der Waals surface area contributed by atoms with Gasteiger partial charge in [-0.2, -0.15) is 0 Å². The van der Waals surface area contributed by atoms with Crippen LogP contribution >= 0.6 is 11.8 Å². The lowest BCUT2D eigenvalue weighted by Crippen LogP contribution is -2.27. The van der Waals surface area contributed by atoms with Crippen LogP contribution < -0.4 is 5.32 Å². The molecule has 0 radical (unpaired) electrons. The lowest BCUT2D eigenvalue weighted by molar-refractivity contribution is -0.121. The second-order valence-corrected chi connectivity index (χ2v) is 8.31. The van der Waals surface area contributed by atoms with Crippen molar-refractivity contribution >= 4 is 28.8 Å². The number of pyridine rings is 1. The Bertz CT molecular complexity index is 1150. The van der Waals surface area contributed by atoms with Gasteiger partial charge in [-0.25, -0.2) is 9.97 Å². The third-order valence-electron chi connectivity index (χ3n) is 4.87. The molecule has 0 saturated heterocycles. The van der Waals surface area contributed by atoms with E-state index in [9.17, 15) is 4.79 Å². The zero-order chi connectivity index (χ0) is 20.9. The summed E-state index contributed by atoms with van der Waals surface area (Å²) in [5, 5.41) is 3.80. The number of imidazole rings is 1. The van der Waals surface area contributed by atoms with Crippen LogP contribution in [0.5, 0.6) is 0 Å². The largest absolute Gasteiger partial charge is 0.350 e. The minimum Gasteiger partial charge on any atom is -0.350 e. The van der Waals surface area contributed by atoms with E-state index >= 15 is 0 Å². The van der Waals surface area contributed by atoms with E-state index in [-0.39, 0.29) is 12.5 Å². The fourth-order valence-electron chi connectivity index (χ4n) is 3.13. The number of amides is 1. The van der Waals surface area contributed by atoms with E-state index in [2.05, 4.69) is 60.5 Å². The number of aromatic nitrogens is 3. The Kier molecular flexibility index (Phi) is 6.14. The topological polar surface area (TPSA) is 59.8 Å². The van der Waals surface area contributed by atoms with Crippen LogP contribution in [0.15, 0.2) is 72.0 Å². The minimum absolute atomic E-state index is 0.0577. The fraction of sp³-hybridized carbons (Fsp3) is 0.208. The van der Waals surface area contributed by atoms with E-state index in [1.54, 1.807) is 18.0 Å². The Morgan fingerprint density at radius 2 is 1.63 bits per heavy atom. The van der Waals surface area contributed by atoms with Crippen molar-refractivity contribution < 1.29 is 4.79 Å². The molecule has 1 N–H and O–H groups in total. The van der Waals surface area contributed by atoms with E-state index in [1.807, 2.05) is 28.8 Å². The first kappa shape index (κ1) is 20.2. The molecule has 0 fully saturated rings. The molecule has 0 spiro atoms. The summed E-state index contributed by atoms with van der Waals surface area (Å²) in [4.78, 5) is 21.8. The molecule has 0 saturated carbocycles. The van der Waals surface area contributed by atoms with Crippen molar-refractivity contribution in [1.82, 2.24) is 19.9 Å². The molecule has 4 aromatic rings. The van der Waals surface area contributed by atoms with Crippen molar-refractivity contribution in [3.63, 3.8) is 0 Å². The number of hydrogen-bond donors (Lipinski definition) is 1. The molecule has 30 heavy (non-hydrogen) atoms. The number of carbonyl (C=O) groups excluding carboxylic acids is 1. The van der Waals surface area contributed by atoms with E-state index < -0.39 is 0 Å². The zero-order valence-electron chi connectivity index (χ0n) is 17.1. The molecule has 0 bridgehead atoms. The average Bonchev–Trinajstić information content (AvgIpc) is 3.10. The summed E-state index contributed by atoms with van der Waals surface area (Å²) < 4.78 is 1.90. The third kappa shape index (κ3) is 4.89. The summed E-state index contributed by atoms with van der Waals surface area (Å²) >= 11 is 1.62. The molecule has 0 unspecified atom stereocenters. The highest BCUT2D eigenvalue weighted by atomic mass is 32.2. The lowest BCUT2D eigenvalue weighted by Gasteiger charge is -2.10. The van der Waals surface area contributed by atoms with Crippen LogP contribution in [0.2, 0.25) is 0 Å². The smallest absolute Gasteiger partial charge is 0.240 e. The summed E-state index contributed by atoms with van der Waals surface area (Å²) in [5.74, 6) is 0.729. The second-order valence-electron chi connectivity index (χ2n) is 7.36. The molecule has 4 rings (SSSR count). The van der Waals surface area contributed by atoms with Gasteiger partial charge in [0.1, 0.15) is 12.1 Å². The Morgan fingerprint density at radius 1 is 0.967 bits per heavy atom. The zero-order valence-corrected chi connectivity index (χ0v) is 17.9. The number of carbonyl (C=O) groups is 1. The monoisotopic (exact) mass is 416 g/mol. The van der Waals surface area contributed by atoms with Gasteiger partial charge < -0.3 is 5.32 Å². The molecule has 5 nitrogen and oxygen atoms in total. The highest BCUT2D eigenvalue weighted by Crippen LogP contribution is 2.26.